The van der Waals surface area contributed by atoms with E-state index in [-0.39, 0.29) is 5.97 Å². The topological polar surface area (TPSA) is 64.3 Å². The Labute approximate surface area is 89.4 Å². The summed E-state index contributed by atoms with van der Waals surface area (Å²) in [6.45, 7) is 2.75. The summed E-state index contributed by atoms with van der Waals surface area (Å²) in [7, 11) is 0. The second-order valence-corrected chi connectivity index (χ2v) is 3.07. The minimum atomic E-state index is -0.195. The van der Waals surface area contributed by atoms with Gasteiger partial charge < -0.3 is 15.8 Å². The van der Waals surface area contributed by atoms with Gasteiger partial charge in [0.25, 0.3) is 0 Å². The molecule has 0 unspecified atom stereocenters. The average Bonchev–Trinajstić information content (AvgIpc) is 2.21. The maximum absolute atomic E-state index is 11.0. The first-order chi connectivity index (χ1) is 7.24. The number of para-hydroxylation sites is 2. The van der Waals surface area contributed by atoms with E-state index in [0.717, 1.165) is 5.69 Å². The highest BCUT2D eigenvalue weighted by Gasteiger charge is 2.01. The number of rotatable bonds is 5. The van der Waals surface area contributed by atoms with Gasteiger partial charge in [0.1, 0.15) is 0 Å². The predicted molar refractivity (Wildman–Crippen MR) is 60.6 cm³/mol. The van der Waals surface area contributed by atoms with Crippen molar-refractivity contribution in [3.05, 3.63) is 24.3 Å². The third-order valence-corrected chi connectivity index (χ3v) is 1.91. The van der Waals surface area contributed by atoms with Gasteiger partial charge in [-0.1, -0.05) is 12.1 Å². The van der Waals surface area contributed by atoms with Gasteiger partial charge in [-0.05, 0) is 19.1 Å². The van der Waals surface area contributed by atoms with E-state index < -0.39 is 0 Å². The lowest BCUT2D eigenvalue weighted by atomic mass is 10.2. The smallest absolute Gasteiger partial charge is 0.307 e. The number of carbonyl (C=O) groups excluding carboxylic acids is 1. The zero-order valence-electron chi connectivity index (χ0n) is 8.82. The zero-order chi connectivity index (χ0) is 11.1. The van der Waals surface area contributed by atoms with Crippen LogP contribution in [0, 0.1) is 0 Å². The van der Waals surface area contributed by atoms with E-state index in [0.29, 0.717) is 25.3 Å². The summed E-state index contributed by atoms with van der Waals surface area (Å²) < 4.78 is 4.80. The second-order valence-electron chi connectivity index (χ2n) is 3.07. The first kappa shape index (κ1) is 11.4. The largest absolute Gasteiger partial charge is 0.466 e. The molecule has 0 aromatic heterocycles. The molecule has 1 rings (SSSR count). The molecule has 0 saturated carbocycles. The Kier molecular flexibility index (Phi) is 4.47. The molecule has 0 bridgehead atoms. The van der Waals surface area contributed by atoms with Gasteiger partial charge in [0, 0.05) is 6.54 Å². The molecule has 0 aliphatic rings. The van der Waals surface area contributed by atoms with Crippen molar-refractivity contribution in [3.63, 3.8) is 0 Å². The lowest BCUT2D eigenvalue weighted by molar-refractivity contribution is -0.142. The summed E-state index contributed by atoms with van der Waals surface area (Å²) in [6.07, 6.45) is 0.349. The number of anilines is 2. The summed E-state index contributed by atoms with van der Waals surface area (Å²) in [5, 5.41) is 3.08. The quantitative estimate of drug-likeness (QED) is 0.570. The molecule has 4 heteroatoms. The third-order valence-electron chi connectivity index (χ3n) is 1.91. The molecular weight excluding hydrogens is 192 g/mol. The number of nitrogens with one attached hydrogen (secondary N) is 1. The number of nitrogen functional groups attached to an aromatic ring is 1. The van der Waals surface area contributed by atoms with Crippen LogP contribution in [0.2, 0.25) is 0 Å². The fourth-order valence-electron chi connectivity index (χ4n) is 1.19. The average molecular weight is 208 g/mol. The van der Waals surface area contributed by atoms with Crippen LogP contribution in [0.15, 0.2) is 24.3 Å². The first-order valence-electron chi connectivity index (χ1n) is 4.98. The number of esters is 1. The van der Waals surface area contributed by atoms with E-state index in [1.165, 1.54) is 0 Å². The molecule has 1 aromatic carbocycles. The van der Waals surface area contributed by atoms with Gasteiger partial charge in [-0.2, -0.15) is 0 Å². The molecule has 0 atom stereocenters. The van der Waals surface area contributed by atoms with Crippen LogP contribution in [0.3, 0.4) is 0 Å². The molecule has 82 valence electrons. The number of benzene rings is 1. The zero-order valence-corrected chi connectivity index (χ0v) is 8.82. The van der Waals surface area contributed by atoms with Gasteiger partial charge in [0.2, 0.25) is 0 Å². The highest BCUT2D eigenvalue weighted by molar-refractivity contribution is 5.71. The number of hydrogen-bond acceptors (Lipinski definition) is 4. The Morgan fingerprint density at radius 1 is 1.47 bits per heavy atom. The molecule has 0 spiro atoms. The standard InChI is InChI=1S/C11H16N2O2/c1-2-15-11(14)7-8-13-10-6-4-3-5-9(10)12/h3-6,13H,2,7-8,12H2,1H3. The van der Waals surface area contributed by atoms with Crippen molar-refractivity contribution in [1.82, 2.24) is 0 Å². The molecule has 4 nitrogen and oxygen atoms in total. The Morgan fingerprint density at radius 2 is 2.20 bits per heavy atom. The monoisotopic (exact) mass is 208 g/mol. The van der Waals surface area contributed by atoms with Gasteiger partial charge >= 0.3 is 5.97 Å². The molecule has 0 heterocycles. The van der Waals surface area contributed by atoms with Crippen LogP contribution < -0.4 is 11.1 Å². The van der Waals surface area contributed by atoms with Crippen molar-refractivity contribution in [2.45, 2.75) is 13.3 Å². The number of nitrogens with two attached hydrogens (primary N) is 1. The predicted octanol–water partition coefficient (Wildman–Crippen LogP) is 1.63. The number of hydrogen-bond donors (Lipinski definition) is 2. The summed E-state index contributed by atoms with van der Waals surface area (Å²) in [4.78, 5) is 11.0. The lowest BCUT2D eigenvalue weighted by Gasteiger charge is -2.08. The Bertz CT molecular complexity index is 326. The SMILES string of the molecule is CCOC(=O)CCNc1ccccc1N. The van der Waals surface area contributed by atoms with E-state index in [4.69, 9.17) is 10.5 Å². The van der Waals surface area contributed by atoms with E-state index >= 15 is 0 Å². The highest BCUT2D eigenvalue weighted by atomic mass is 16.5. The van der Waals surface area contributed by atoms with Crippen molar-refractivity contribution in [3.8, 4) is 0 Å². The van der Waals surface area contributed by atoms with Crippen molar-refractivity contribution in [2.24, 2.45) is 0 Å². The van der Waals surface area contributed by atoms with E-state index in [9.17, 15) is 4.79 Å². The Morgan fingerprint density at radius 3 is 2.87 bits per heavy atom. The van der Waals surface area contributed by atoms with Crippen LogP contribution in [0.25, 0.3) is 0 Å². The van der Waals surface area contributed by atoms with E-state index in [2.05, 4.69) is 5.32 Å². The van der Waals surface area contributed by atoms with Gasteiger partial charge in [-0.25, -0.2) is 0 Å². The molecule has 0 aliphatic heterocycles. The number of carbonyl (C=O) groups is 1. The maximum atomic E-state index is 11.0. The second kappa shape index (κ2) is 5.90. The molecule has 15 heavy (non-hydrogen) atoms. The van der Waals surface area contributed by atoms with Crippen LogP contribution >= 0.6 is 0 Å². The van der Waals surface area contributed by atoms with Gasteiger partial charge in [-0.3, -0.25) is 4.79 Å². The van der Waals surface area contributed by atoms with Gasteiger partial charge in [-0.15, -0.1) is 0 Å². The summed E-state index contributed by atoms with van der Waals surface area (Å²) in [5.74, 6) is -0.195. The van der Waals surface area contributed by atoms with Crippen molar-refractivity contribution in [1.29, 1.82) is 0 Å². The molecule has 0 radical (unpaired) electrons. The van der Waals surface area contributed by atoms with Crippen LogP contribution in [0.4, 0.5) is 11.4 Å². The van der Waals surface area contributed by atoms with Crippen molar-refractivity contribution in [2.75, 3.05) is 24.2 Å². The number of ether oxygens (including phenoxy) is 1. The maximum Gasteiger partial charge on any atom is 0.307 e. The molecule has 0 aliphatic carbocycles. The molecule has 1 aromatic rings. The summed E-state index contributed by atoms with van der Waals surface area (Å²) in [6, 6.07) is 7.45. The fourth-order valence-corrected chi connectivity index (χ4v) is 1.19. The van der Waals surface area contributed by atoms with Crippen LogP contribution in [-0.2, 0) is 9.53 Å². The minimum Gasteiger partial charge on any atom is -0.466 e. The van der Waals surface area contributed by atoms with Crippen molar-refractivity contribution >= 4 is 17.3 Å². The minimum absolute atomic E-state index is 0.195. The molecule has 3 N–H and O–H groups in total. The van der Waals surface area contributed by atoms with Gasteiger partial charge in [0.15, 0.2) is 0 Å². The Balaban J connectivity index is 2.32. The highest BCUT2D eigenvalue weighted by Crippen LogP contribution is 2.16. The Hall–Kier alpha value is -1.71. The normalized spacial score (nSPS) is 9.67. The van der Waals surface area contributed by atoms with E-state index in [1.54, 1.807) is 6.92 Å². The first-order valence-corrected chi connectivity index (χ1v) is 4.98. The third kappa shape index (κ3) is 3.89. The van der Waals surface area contributed by atoms with E-state index in [1.807, 2.05) is 24.3 Å². The van der Waals surface area contributed by atoms with Gasteiger partial charge in [0.05, 0.1) is 24.4 Å². The molecule has 0 amide bonds. The van der Waals surface area contributed by atoms with Crippen LogP contribution in [-0.4, -0.2) is 19.1 Å². The fraction of sp³-hybridized carbons (Fsp3) is 0.364. The van der Waals surface area contributed by atoms with Crippen LogP contribution in [0.1, 0.15) is 13.3 Å². The lowest BCUT2D eigenvalue weighted by Crippen LogP contribution is -2.11. The molecule has 0 saturated heterocycles. The summed E-state index contributed by atoms with van der Waals surface area (Å²) in [5.41, 5.74) is 7.25. The summed E-state index contributed by atoms with van der Waals surface area (Å²) >= 11 is 0. The molecular formula is C11H16N2O2. The van der Waals surface area contributed by atoms with Crippen molar-refractivity contribution < 1.29 is 9.53 Å². The molecule has 0 fully saturated rings. The van der Waals surface area contributed by atoms with Crippen LogP contribution in [0.5, 0.6) is 0 Å².